The van der Waals surface area contributed by atoms with E-state index < -0.39 is 0 Å². The van der Waals surface area contributed by atoms with Gasteiger partial charge >= 0.3 is 0 Å². The van der Waals surface area contributed by atoms with Crippen molar-refractivity contribution in [3.63, 3.8) is 0 Å². The zero-order valence-electron chi connectivity index (χ0n) is 13.3. The van der Waals surface area contributed by atoms with Crippen LogP contribution in [0, 0.1) is 0 Å². The van der Waals surface area contributed by atoms with Gasteiger partial charge in [-0.2, -0.15) is 0 Å². The summed E-state index contributed by atoms with van der Waals surface area (Å²) in [5.74, 6) is 1.93. The summed E-state index contributed by atoms with van der Waals surface area (Å²) >= 11 is 1.78. The van der Waals surface area contributed by atoms with Crippen molar-refractivity contribution >= 4 is 33.7 Å². The van der Waals surface area contributed by atoms with Crippen molar-refractivity contribution in [2.75, 3.05) is 18.2 Å². The van der Waals surface area contributed by atoms with Crippen molar-refractivity contribution in [3.05, 3.63) is 71.4 Å². The maximum absolute atomic E-state index is 12.5. The predicted molar refractivity (Wildman–Crippen MR) is 100 cm³/mol. The molecular weight excluding hydrogens is 318 g/mol. The number of anilines is 1. The molecule has 0 atom stereocenters. The summed E-state index contributed by atoms with van der Waals surface area (Å²) in [4.78, 5) is 13.6. The Balaban J connectivity index is 1.72. The lowest BCUT2D eigenvalue weighted by molar-refractivity contribution is -0.114. The highest BCUT2D eigenvalue weighted by Crippen LogP contribution is 2.49. The Morgan fingerprint density at radius 1 is 1.08 bits per heavy atom. The number of hydrogen-bond donors (Lipinski definition) is 1. The van der Waals surface area contributed by atoms with Gasteiger partial charge in [-0.05, 0) is 35.4 Å². The maximum atomic E-state index is 12.5. The Labute approximate surface area is 145 Å². The first kappa shape index (κ1) is 15.1. The van der Waals surface area contributed by atoms with E-state index >= 15 is 0 Å². The number of thioether (sulfide) groups is 1. The number of benzene rings is 2. The van der Waals surface area contributed by atoms with E-state index in [9.17, 15) is 4.79 Å². The van der Waals surface area contributed by atoms with Crippen LogP contribution in [-0.4, -0.2) is 18.6 Å². The number of carbonyl (C=O) groups excluding carboxylic acids is 1. The molecule has 2 aromatic rings. The number of nitrogens with one attached hydrogen (secondary N) is 1. The first-order valence-electron chi connectivity index (χ1n) is 7.89. The Hall–Kier alpha value is -2.46. The highest BCUT2D eigenvalue weighted by Gasteiger charge is 2.33. The number of ether oxygens (including phenoxy) is 1. The van der Waals surface area contributed by atoms with Crippen molar-refractivity contribution < 1.29 is 9.53 Å². The molecular formula is C20H17NO2S. The lowest BCUT2D eigenvalue weighted by Crippen LogP contribution is -2.09. The molecule has 0 radical (unpaired) electrons. The Bertz CT molecular complexity index is 865. The number of fused-ring (bicyclic) bond motifs is 2. The van der Waals surface area contributed by atoms with Crippen molar-refractivity contribution in [2.45, 2.75) is 6.42 Å². The summed E-state index contributed by atoms with van der Waals surface area (Å²) in [5, 5.41) is 3.32. The third-order valence-electron chi connectivity index (χ3n) is 4.29. The molecule has 2 aromatic carbocycles. The van der Waals surface area contributed by atoms with Gasteiger partial charge in [0.1, 0.15) is 5.75 Å². The zero-order chi connectivity index (χ0) is 16.5. The van der Waals surface area contributed by atoms with Crippen LogP contribution in [0.25, 0.3) is 10.5 Å². The van der Waals surface area contributed by atoms with Crippen molar-refractivity contribution in [2.24, 2.45) is 0 Å². The fourth-order valence-corrected chi connectivity index (χ4v) is 4.29. The Kier molecular flexibility index (Phi) is 3.90. The molecule has 4 heteroatoms. The molecule has 0 amide bonds. The van der Waals surface area contributed by atoms with E-state index in [0.717, 1.165) is 38.8 Å². The molecule has 2 aliphatic rings. The molecule has 0 bridgehead atoms. The fraction of sp³-hybridized carbons (Fsp3) is 0.150. The average molecular weight is 335 g/mol. The lowest BCUT2D eigenvalue weighted by Gasteiger charge is -2.13. The third kappa shape index (κ3) is 2.53. The van der Waals surface area contributed by atoms with Gasteiger partial charge in [0.15, 0.2) is 5.78 Å². The van der Waals surface area contributed by atoms with E-state index in [-0.39, 0.29) is 5.78 Å². The van der Waals surface area contributed by atoms with Gasteiger partial charge in [-0.1, -0.05) is 24.3 Å². The summed E-state index contributed by atoms with van der Waals surface area (Å²) < 4.78 is 5.18. The van der Waals surface area contributed by atoms with Gasteiger partial charge in [0.05, 0.1) is 7.11 Å². The summed E-state index contributed by atoms with van der Waals surface area (Å²) in [6.45, 7) is 0. The number of carbonyl (C=O) groups is 1. The van der Waals surface area contributed by atoms with Gasteiger partial charge in [-0.3, -0.25) is 4.79 Å². The second-order valence-corrected chi connectivity index (χ2v) is 6.81. The van der Waals surface area contributed by atoms with Crippen molar-refractivity contribution in [3.8, 4) is 5.75 Å². The molecule has 0 unspecified atom stereocenters. The number of methoxy groups -OCH3 is 1. The van der Waals surface area contributed by atoms with Gasteiger partial charge in [0, 0.05) is 40.1 Å². The van der Waals surface area contributed by atoms with E-state index in [1.807, 2.05) is 42.6 Å². The molecule has 1 heterocycles. The van der Waals surface area contributed by atoms with Crippen molar-refractivity contribution in [1.29, 1.82) is 0 Å². The minimum absolute atomic E-state index is 0.239. The topological polar surface area (TPSA) is 38.3 Å². The summed E-state index contributed by atoms with van der Waals surface area (Å²) in [5.41, 5.74) is 5.13. The number of hydrogen-bond acceptors (Lipinski definition) is 4. The zero-order valence-corrected chi connectivity index (χ0v) is 14.2. The molecule has 1 aliphatic carbocycles. The summed E-state index contributed by atoms with van der Waals surface area (Å²) in [6, 6.07) is 16.0. The summed E-state index contributed by atoms with van der Waals surface area (Å²) in [6.07, 6.45) is 2.56. The largest absolute Gasteiger partial charge is 0.497 e. The molecule has 120 valence electrons. The van der Waals surface area contributed by atoms with Gasteiger partial charge in [-0.25, -0.2) is 0 Å². The van der Waals surface area contributed by atoms with E-state index in [4.69, 9.17) is 4.74 Å². The van der Waals surface area contributed by atoms with Gasteiger partial charge < -0.3 is 10.1 Å². The van der Waals surface area contributed by atoms with E-state index in [1.165, 1.54) is 5.56 Å². The Morgan fingerprint density at radius 3 is 2.58 bits per heavy atom. The predicted octanol–water partition coefficient (Wildman–Crippen LogP) is 4.58. The second kappa shape index (κ2) is 6.21. The van der Waals surface area contributed by atoms with Gasteiger partial charge in [0.25, 0.3) is 0 Å². The van der Waals surface area contributed by atoms with Gasteiger partial charge in [-0.15, -0.1) is 11.8 Å². The Morgan fingerprint density at radius 2 is 1.83 bits per heavy atom. The molecule has 4 rings (SSSR count). The van der Waals surface area contributed by atoms with Crippen LogP contribution >= 0.6 is 11.8 Å². The molecule has 0 saturated heterocycles. The van der Waals surface area contributed by atoms with Crippen LogP contribution in [-0.2, 0) is 4.79 Å². The van der Waals surface area contributed by atoms with Crippen LogP contribution in [0.15, 0.2) is 60.3 Å². The number of rotatable bonds is 3. The van der Waals surface area contributed by atoms with Crippen LogP contribution in [0.4, 0.5) is 5.69 Å². The standard InChI is InChI=1S/C20H17NO2S/c1-23-14-8-6-13(7-9-14)21-12-17-15-4-2-3-5-16(15)20-19(17)18(22)10-11-24-20/h2-9,12,21H,10-11H2,1H3/b17-12-. The molecule has 1 N–H and O–H groups in total. The first-order valence-corrected chi connectivity index (χ1v) is 8.87. The number of ketones is 1. The molecule has 0 spiro atoms. The second-order valence-electron chi connectivity index (χ2n) is 5.70. The molecule has 24 heavy (non-hydrogen) atoms. The first-order chi connectivity index (χ1) is 11.8. The maximum Gasteiger partial charge on any atom is 0.165 e. The van der Waals surface area contributed by atoms with Crippen molar-refractivity contribution in [1.82, 2.24) is 0 Å². The highest BCUT2D eigenvalue weighted by molar-refractivity contribution is 8.08. The minimum Gasteiger partial charge on any atom is -0.497 e. The van der Waals surface area contributed by atoms with Crippen LogP contribution in [0.5, 0.6) is 5.75 Å². The van der Waals surface area contributed by atoms with Crippen LogP contribution in [0.2, 0.25) is 0 Å². The monoisotopic (exact) mass is 335 g/mol. The molecule has 0 saturated carbocycles. The molecule has 0 aromatic heterocycles. The third-order valence-corrected chi connectivity index (χ3v) is 5.41. The van der Waals surface area contributed by atoms with Gasteiger partial charge in [0.2, 0.25) is 0 Å². The van der Waals surface area contributed by atoms with Crippen LogP contribution < -0.4 is 10.1 Å². The normalized spacial score (nSPS) is 17.7. The molecule has 0 fully saturated rings. The van der Waals surface area contributed by atoms with Crippen LogP contribution in [0.3, 0.4) is 0 Å². The SMILES string of the molecule is COc1ccc(N/C=C2\C3=C(SCCC3=O)c3ccccc32)cc1. The molecule has 3 nitrogen and oxygen atoms in total. The van der Waals surface area contributed by atoms with E-state index in [1.54, 1.807) is 18.9 Å². The van der Waals surface area contributed by atoms with E-state index in [2.05, 4.69) is 17.4 Å². The minimum atomic E-state index is 0.239. The quantitative estimate of drug-likeness (QED) is 0.891. The van der Waals surface area contributed by atoms with E-state index in [0.29, 0.717) is 6.42 Å². The van der Waals surface area contributed by atoms with Crippen LogP contribution in [0.1, 0.15) is 17.5 Å². The molecule has 1 aliphatic heterocycles. The lowest BCUT2D eigenvalue weighted by atomic mass is 10.00. The number of allylic oxidation sites excluding steroid dienone is 2. The summed E-state index contributed by atoms with van der Waals surface area (Å²) in [7, 11) is 1.65. The number of Topliss-reactive ketones (excluding diaryl/α,β-unsaturated/α-hetero) is 1. The average Bonchev–Trinajstić information content (AvgIpc) is 2.96. The fourth-order valence-electron chi connectivity index (χ4n) is 3.10. The highest BCUT2D eigenvalue weighted by atomic mass is 32.2. The smallest absolute Gasteiger partial charge is 0.165 e.